The third kappa shape index (κ3) is 20.2. The van der Waals surface area contributed by atoms with Crippen LogP contribution >= 0.6 is 0 Å². The molecule has 2 rings (SSSR count). The Hall–Kier alpha value is -1.22. The van der Waals surface area contributed by atoms with Crippen LogP contribution in [0, 0.1) is 0 Å². The predicted molar refractivity (Wildman–Crippen MR) is 202 cm³/mol. The van der Waals surface area contributed by atoms with Gasteiger partial charge in [0.2, 0.25) is 0 Å². The second-order valence-corrected chi connectivity index (χ2v) is 15.5. The summed E-state index contributed by atoms with van der Waals surface area (Å²) in [6, 6.07) is 7.58. The number of benzene rings is 1. The number of unbranched alkanes of at least 4 members (excludes halogenated alkanes) is 23. The number of hydrogen-bond donors (Lipinski definition) is 0. The molecule has 1 aliphatic rings. The first-order valence-electron chi connectivity index (χ1n) is 20.8. The molecule has 1 aliphatic carbocycles. The summed E-state index contributed by atoms with van der Waals surface area (Å²) in [7, 11) is 4.84. The Kier molecular flexibility index (Phi) is 24.7. The molecule has 0 saturated heterocycles. The Labute approximate surface area is 288 Å². The minimum Gasteiger partial charge on any atom is -0.490 e. The molecule has 0 bridgehead atoms. The highest BCUT2D eigenvalue weighted by atomic mass is 16.5. The van der Waals surface area contributed by atoms with E-state index in [2.05, 4.69) is 46.1 Å². The van der Waals surface area contributed by atoms with Crippen molar-refractivity contribution in [3.63, 3.8) is 0 Å². The summed E-state index contributed by atoms with van der Waals surface area (Å²) in [5.74, 6) is 1.93. The Balaban J connectivity index is 1.67. The van der Waals surface area contributed by atoms with Gasteiger partial charge in [-0.2, -0.15) is 0 Å². The molecular formula is C43H80NO2+. The van der Waals surface area contributed by atoms with Crippen molar-refractivity contribution >= 4 is 0 Å². The Morgan fingerprint density at radius 3 is 1.28 bits per heavy atom. The molecule has 0 spiro atoms. The number of hydrogen-bond acceptors (Lipinski definition) is 2. The van der Waals surface area contributed by atoms with Gasteiger partial charge in [-0.3, -0.25) is 0 Å². The molecule has 0 heterocycles. The number of rotatable bonds is 32. The largest absolute Gasteiger partial charge is 0.490 e. The highest BCUT2D eigenvalue weighted by Gasteiger charge is 2.31. The summed E-state index contributed by atoms with van der Waals surface area (Å²) in [5, 5.41) is 0. The maximum atomic E-state index is 6.45. The second kappa shape index (κ2) is 27.7. The number of quaternary nitrogens is 1. The first-order chi connectivity index (χ1) is 22.6. The zero-order chi connectivity index (χ0) is 33.0. The molecule has 0 radical (unpaired) electrons. The standard InChI is InChI=1S/C43H80NO2/c1-5-7-9-11-13-15-17-19-21-23-25-27-31-37-46-43-38-40(39-44(3,4)41-32-28-29-33-41)34-35-42(43)45-36-30-26-24-22-20-18-16-14-12-10-8-6-2/h34-35,38,41H,5-33,36-37,39H2,1-4H3/q+1. The summed E-state index contributed by atoms with van der Waals surface area (Å²) in [5.41, 5.74) is 1.38. The van der Waals surface area contributed by atoms with E-state index in [0.29, 0.717) is 0 Å². The Morgan fingerprint density at radius 2 is 0.870 bits per heavy atom. The minimum absolute atomic E-state index is 0.789. The molecule has 1 aromatic rings. The van der Waals surface area contributed by atoms with E-state index in [1.165, 1.54) is 179 Å². The van der Waals surface area contributed by atoms with Crippen molar-refractivity contribution in [2.24, 2.45) is 0 Å². The summed E-state index contributed by atoms with van der Waals surface area (Å²) in [6.45, 7) is 7.27. The van der Waals surface area contributed by atoms with Crippen LogP contribution in [0.4, 0.5) is 0 Å². The van der Waals surface area contributed by atoms with Crippen LogP contribution in [0.2, 0.25) is 0 Å². The van der Waals surface area contributed by atoms with E-state index >= 15 is 0 Å². The molecule has 3 heteroatoms. The molecular weight excluding hydrogens is 562 g/mol. The van der Waals surface area contributed by atoms with Gasteiger partial charge in [0, 0.05) is 5.56 Å². The van der Waals surface area contributed by atoms with Gasteiger partial charge >= 0.3 is 0 Å². The number of ether oxygens (including phenoxy) is 2. The van der Waals surface area contributed by atoms with Crippen LogP contribution in [-0.2, 0) is 6.54 Å². The van der Waals surface area contributed by atoms with Crippen LogP contribution < -0.4 is 9.47 Å². The molecule has 1 fully saturated rings. The van der Waals surface area contributed by atoms with Crippen LogP contribution in [-0.4, -0.2) is 37.8 Å². The van der Waals surface area contributed by atoms with Crippen LogP contribution in [0.25, 0.3) is 0 Å². The van der Waals surface area contributed by atoms with E-state index in [0.717, 1.165) is 54.6 Å². The molecule has 0 unspecified atom stereocenters. The first-order valence-corrected chi connectivity index (χ1v) is 20.8. The molecule has 0 N–H and O–H groups in total. The molecule has 0 aliphatic heterocycles. The lowest BCUT2D eigenvalue weighted by Crippen LogP contribution is -2.46. The van der Waals surface area contributed by atoms with Crippen molar-refractivity contribution in [3.05, 3.63) is 23.8 Å². The maximum Gasteiger partial charge on any atom is 0.161 e. The lowest BCUT2D eigenvalue weighted by molar-refractivity contribution is -0.927. The van der Waals surface area contributed by atoms with Gasteiger partial charge in [-0.1, -0.05) is 162 Å². The molecule has 1 aromatic carbocycles. The summed E-state index contributed by atoms with van der Waals surface area (Å²) in [4.78, 5) is 0. The van der Waals surface area contributed by atoms with Gasteiger partial charge in [0.15, 0.2) is 11.5 Å². The van der Waals surface area contributed by atoms with Crippen molar-refractivity contribution < 1.29 is 14.0 Å². The third-order valence-corrected chi connectivity index (χ3v) is 10.7. The summed E-state index contributed by atoms with van der Waals surface area (Å²) in [6.07, 6.45) is 39.9. The Bertz CT molecular complexity index is 815. The van der Waals surface area contributed by atoms with Crippen molar-refractivity contribution in [1.82, 2.24) is 0 Å². The second-order valence-electron chi connectivity index (χ2n) is 15.5. The zero-order valence-electron chi connectivity index (χ0n) is 31.7. The van der Waals surface area contributed by atoms with Gasteiger partial charge in [-0.05, 0) is 56.7 Å². The van der Waals surface area contributed by atoms with Gasteiger partial charge < -0.3 is 14.0 Å². The predicted octanol–water partition coefficient (Wildman–Crippen LogP) is 13.8. The fraction of sp³-hybridized carbons (Fsp3) is 0.860. The van der Waals surface area contributed by atoms with E-state index in [1.54, 1.807) is 0 Å². The zero-order valence-corrected chi connectivity index (χ0v) is 31.7. The number of nitrogens with zero attached hydrogens (tertiary/aromatic N) is 1. The average Bonchev–Trinajstić information content (AvgIpc) is 3.61. The van der Waals surface area contributed by atoms with Crippen molar-refractivity contribution in [2.45, 2.75) is 213 Å². The first kappa shape index (κ1) is 41.0. The summed E-state index contributed by atoms with van der Waals surface area (Å²) >= 11 is 0. The monoisotopic (exact) mass is 643 g/mol. The van der Waals surface area contributed by atoms with Crippen LogP contribution in [0.1, 0.15) is 206 Å². The van der Waals surface area contributed by atoms with Crippen LogP contribution in [0.3, 0.4) is 0 Å². The lowest BCUT2D eigenvalue weighted by atomic mass is 10.0. The van der Waals surface area contributed by atoms with Gasteiger partial charge in [-0.15, -0.1) is 0 Å². The molecule has 3 nitrogen and oxygen atoms in total. The highest BCUT2D eigenvalue weighted by Crippen LogP contribution is 2.33. The molecule has 0 amide bonds. The molecule has 46 heavy (non-hydrogen) atoms. The van der Waals surface area contributed by atoms with E-state index in [9.17, 15) is 0 Å². The molecule has 0 atom stereocenters. The van der Waals surface area contributed by atoms with Crippen molar-refractivity contribution in [1.29, 1.82) is 0 Å². The fourth-order valence-corrected chi connectivity index (χ4v) is 7.51. The van der Waals surface area contributed by atoms with Gasteiger partial charge in [-0.25, -0.2) is 0 Å². The van der Waals surface area contributed by atoms with E-state index in [4.69, 9.17) is 9.47 Å². The van der Waals surface area contributed by atoms with Gasteiger partial charge in [0.05, 0.1) is 33.4 Å². The smallest absolute Gasteiger partial charge is 0.161 e. The SMILES string of the molecule is CCCCCCCCCCCCCCCOc1cc(C[N+](C)(C)C2CCCC2)ccc1OCCCCCCCCCCCCCC. The molecule has 1 saturated carbocycles. The highest BCUT2D eigenvalue weighted by molar-refractivity contribution is 5.43. The summed E-state index contributed by atoms with van der Waals surface area (Å²) < 4.78 is 13.9. The van der Waals surface area contributed by atoms with E-state index in [-0.39, 0.29) is 0 Å². The lowest BCUT2D eigenvalue weighted by Gasteiger charge is -2.36. The van der Waals surface area contributed by atoms with Crippen LogP contribution in [0.15, 0.2) is 18.2 Å². The maximum absolute atomic E-state index is 6.45. The average molecular weight is 643 g/mol. The van der Waals surface area contributed by atoms with E-state index < -0.39 is 0 Å². The minimum atomic E-state index is 0.789. The van der Waals surface area contributed by atoms with Gasteiger partial charge in [0.1, 0.15) is 6.54 Å². The Morgan fingerprint density at radius 1 is 0.500 bits per heavy atom. The van der Waals surface area contributed by atoms with Crippen molar-refractivity contribution in [3.8, 4) is 11.5 Å². The topological polar surface area (TPSA) is 18.5 Å². The quantitative estimate of drug-likeness (QED) is 0.0575. The molecule has 268 valence electrons. The third-order valence-electron chi connectivity index (χ3n) is 10.7. The normalized spacial score (nSPS) is 13.9. The van der Waals surface area contributed by atoms with Crippen LogP contribution in [0.5, 0.6) is 11.5 Å². The van der Waals surface area contributed by atoms with E-state index in [1.807, 2.05) is 0 Å². The molecule has 0 aromatic heterocycles. The fourth-order valence-electron chi connectivity index (χ4n) is 7.51. The van der Waals surface area contributed by atoms with Crippen molar-refractivity contribution in [2.75, 3.05) is 27.3 Å². The van der Waals surface area contributed by atoms with Gasteiger partial charge in [0.25, 0.3) is 0 Å².